The van der Waals surface area contributed by atoms with E-state index in [9.17, 15) is 0 Å². The number of aromatic nitrogens is 1. The molecule has 104 valence electrons. The van der Waals surface area contributed by atoms with Gasteiger partial charge in [-0.25, -0.2) is 4.98 Å². The monoisotopic (exact) mass is 299 g/mol. The van der Waals surface area contributed by atoms with Crippen LogP contribution < -0.4 is 0 Å². The summed E-state index contributed by atoms with van der Waals surface area (Å²) in [4.78, 5) is 4.85. The van der Waals surface area contributed by atoms with Crippen molar-refractivity contribution < 1.29 is 0 Å². The fraction of sp³-hybridized carbons (Fsp3) is 0.0500. The van der Waals surface area contributed by atoms with Gasteiger partial charge in [0.1, 0.15) is 5.01 Å². The zero-order valence-electron chi connectivity index (χ0n) is 11.9. The molecule has 1 aliphatic carbocycles. The summed E-state index contributed by atoms with van der Waals surface area (Å²) < 4.78 is 1.25. The first-order valence-electron chi connectivity index (χ1n) is 7.46. The highest BCUT2D eigenvalue weighted by Crippen LogP contribution is 2.44. The predicted molar refractivity (Wildman–Crippen MR) is 93.3 cm³/mol. The lowest BCUT2D eigenvalue weighted by atomic mass is 10.00. The van der Waals surface area contributed by atoms with E-state index in [1.165, 1.54) is 32.5 Å². The van der Waals surface area contributed by atoms with Crippen LogP contribution in [-0.2, 0) is 6.42 Å². The van der Waals surface area contributed by atoms with E-state index >= 15 is 0 Å². The lowest BCUT2D eigenvalue weighted by molar-refractivity contribution is 1.26. The van der Waals surface area contributed by atoms with Crippen LogP contribution >= 0.6 is 11.3 Å². The Hall–Kier alpha value is -2.45. The first-order chi connectivity index (χ1) is 10.9. The van der Waals surface area contributed by atoms with Crippen LogP contribution in [0.1, 0.15) is 11.1 Å². The van der Waals surface area contributed by atoms with Crippen molar-refractivity contribution in [1.29, 1.82) is 0 Å². The Labute approximate surface area is 132 Å². The molecule has 2 heteroatoms. The van der Waals surface area contributed by atoms with Gasteiger partial charge in [0.25, 0.3) is 0 Å². The normalized spacial score (nSPS) is 12.4. The first kappa shape index (κ1) is 12.1. The van der Waals surface area contributed by atoms with Gasteiger partial charge in [-0.2, -0.15) is 0 Å². The van der Waals surface area contributed by atoms with Gasteiger partial charge in [-0.05, 0) is 40.8 Å². The Morgan fingerprint density at radius 3 is 2.45 bits per heavy atom. The minimum absolute atomic E-state index is 1.03. The van der Waals surface area contributed by atoms with Crippen molar-refractivity contribution in [2.45, 2.75) is 6.42 Å². The van der Waals surface area contributed by atoms with Gasteiger partial charge >= 0.3 is 0 Å². The largest absolute Gasteiger partial charge is 0.236 e. The van der Waals surface area contributed by atoms with Gasteiger partial charge in [0.05, 0.1) is 10.2 Å². The second-order valence-corrected chi connectivity index (χ2v) is 6.69. The van der Waals surface area contributed by atoms with Crippen molar-refractivity contribution in [1.82, 2.24) is 4.98 Å². The Morgan fingerprint density at radius 1 is 0.727 bits per heavy atom. The first-order valence-corrected chi connectivity index (χ1v) is 8.28. The number of thiazole rings is 1. The van der Waals surface area contributed by atoms with Gasteiger partial charge in [0.2, 0.25) is 0 Å². The lowest BCUT2D eigenvalue weighted by Gasteiger charge is -2.06. The van der Waals surface area contributed by atoms with Crippen LogP contribution in [-0.4, -0.2) is 4.98 Å². The highest BCUT2D eigenvalue weighted by atomic mass is 32.1. The molecule has 0 atom stereocenters. The fourth-order valence-electron chi connectivity index (χ4n) is 3.35. The van der Waals surface area contributed by atoms with Crippen molar-refractivity contribution in [3.63, 3.8) is 0 Å². The third-order valence-electron chi connectivity index (χ3n) is 4.34. The maximum Gasteiger partial charge on any atom is 0.125 e. The Balaban J connectivity index is 1.80. The number of hydrogen-bond acceptors (Lipinski definition) is 2. The summed E-state index contributed by atoms with van der Waals surface area (Å²) in [6, 6.07) is 23.7. The molecule has 0 radical (unpaired) electrons. The molecule has 0 amide bonds. The highest BCUT2D eigenvalue weighted by Gasteiger charge is 2.22. The topological polar surface area (TPSA) is 12.9 Å². The van der Waals surface area contributed by atoms with Crippen LogP contribution in [0.15, 0.2) is 66.7 Å². The average molecular weight is 299 g/mol. The molecule has 0 saturated heterocycles. The second-order valence-electron chi connectivity index (χ2n) is 5.66. The van der Waals surface area contributed by atoms with Crippen molar-refractivity contribution in [2.75, 3.05) is 0 Å². The molecule has 0 unspecified atom stereocenters. The van der Waals surface area contributed by atoms with Crippen LogP contribution in [0.25, 0.3) is 31.9 Å². The number of hydrogen-bond donors (Lipinski definition) is 0. The molecule has 0 spiro atoms. The van der Waals surface area contributed by atoms with Gasteiger partial charge < -0.3 is 0 Å². The third kappa shape index (κ3) is 1.68. The van der Waals surface area contributed by atoms with E-state index in [1.54, 1.807) is 11.3 Å². The molecular formula is C20H13NS. The van der Waals surface area contributed by atoms with E-state index in [4.69, 9.17) is 4.98 Å². The van der Waals surface area contributed by atoms with Gasteiger partial charge in [0.15, 0.2) is 0 Å². The molecule has 1 aromatic heterocycles. The van der Waals surface area contributed by atoms with Crippen LogP contribution in [0.3, 0.4) is 0 Å². The maximum absolute atomic E-state index is 4.85. The number of benzene rings is 3. The minimum Gasteiger partial charge on any atom is -0.236 e. The molecule has 0 saturated carbocycles. The predicted octanol–water partition coefficient (Wildman–Crippen LogP) is 5.53. The van der Waals surface area contributed by atoms with E-state index in [-0.39, 0.29) is 0 Å². The molecule has 4 aromatic rings. The van der Waals surface area contributed by atoms with E-state index in [0.29, 0.717) is 0 Å². The van der Waals surface area contributed by atoms with Gasteiger partial charge in [-0.15, -0.1) is 11.3 Å². The van der Waals surface area contributed by atoms with Gasteiger partial charge in [0, 0.05) is 5.56 Å². The number of nitrogens with zero attached hydrogens (tertiary/aromatic N) is 1. The maximum atomic E-state index is 4.85. The fourth-order valence-corrected chi connectivity index (χ4v) is 4.35. The molecule has 1 heterocycles. The van der Waals surface area contributed by atoms with Crippen LogP contribution in [0, 0.1) is 0 Å². The van der Waals surface area contributed by atoms with Gasteiger partial charge in [-0.1, -0.05) is 54.6 Å². The van der Waals surface area contributed by atoms with Crippen LogP contribution in [0.2, 0.25) is 0 Å². The standard InChI is InChI=1S/C20H13NS/c1-2-8-15-13(6-1)12-14-7-5-9-16(19(14)15)20-21-17-10-3-4-11-18(17)22-20/h1-11H,12H2. The summed E-state index contributed by atoms with van der Waals surface area (Å²) >= 11 is 1.78. The van der Waals surface area contributed by atoms with Crippen molar-refractivity contribution >= 4 is 21.6 Å². The summed E-state index contributed by atoms with van der Waals surface area (Å²) in [5.41, 5.74) is 7.93. The van der Waals surface area contributed by atoms with E-state index < -0.39 is 0 Å². The van der Waals surface area contributed by atoms with Crippen molar-refractivity contribution in [2.24, 2.45) is 0 Å². The van der Waals surface area contributed by atoms with Crippen LogP contribution in [0.4, 0.5) is 0 Å². The minimum atomic E-state index is 1.03. The molecule has 1 nitrogen and oxygen atoms in total. The summed E-state index contributed by atoms with van der Waals surface area (Å²) in [5, 5.41) is 1.12. The zero-order chi connectivity index (χ0) is 14.5. The summed E-state index contributed by atoms with van der Waals surface area (Å²) in [6.07, 6.45) is 1.03. The highest BCUT2D eigenvalue weighted by molar-refractivity contribution is 7.21. The molecule has 0 aliphatic heterocycles. The summed E-state index contributed by atoms with van der Waals surface area (Å²) in [7, 11) is 0. The zero-order valence-corrected chi connectivity index (χ0v) is 12.7. The molecular weight excluding hydrogens is 286 g/mol. The van der Waals surface area contributed by atoms with E-state index in [2.05, 4.69) is 66.7 Å². The Bertz CT molecular complexity index is 980. The van der Waals surface area contributed by atoms with Gasteiger partial charge in [-0.3, -0.25) is 0 Å². The number of fused-ring (bicyclic) bond motifs is 4. The molecule has 0 bridgehead atoms. The summed E-state index contributed by atoms with van der Waals surface area (Å²) in [5.74, 6) is 0. The molecule has 0 fully saturated rings. The van der Waals surface area contributed by atoms with E-state index in [1.807, 2.05) is 0 Å². The SMILES string of the molecule is c1ccc2c(c1)Cc1cccc(-c3nc4ccccc4s3)c1-2. The Morgan fingerprint density at radius 2 is 1.50 bits per heavy atom. The van der Waals surface area contributed by atoms with Crippen molar-refractivity contribution in [3.05, 3.63) is 77.9 Å². The average Bonchev–Trinajstić information content (AvgIpc) is 3.15. The second kappa shape index (κ2) is 4.52. The van der Waals surface area contributed by atoms with E-state index in [0.717, 1.165) is 16.9 Å². The summed E-state index contributed by atoms with van der Waals surface area (Å²) in [6.45, 7) is 0. The molecule has 3 aromatic carbocycles. The lowest BCUT2D eigenvalue weighted by Crippen LogP contribution is -1.84. The third-order valence-corrected chi connectivity index (χ3v) is 5.41. The quantitative estimate of drug-likeness (QED) is 0.396. The van der Waals surface area contributed by atoms with Crippen molar-refractivity contribution in [3.8, 4) is 21.7 Å². The molecule has 1 aliphatic rings. The number of para-hydroxylation sites is 1. The smallest absolute Gasteiger partial charge is 0.125 e. The number of rotatable bonds is 1. The molecule has 22 heavy (non-hydrogen) atoms. The Kier molecular flexibility index (Phi) is 2.49. The molecule has 0 N–H and O–H groups in total. The molecule has 5 rings (SSSR count). The van der Waals surface area contributed by atoms with Crippen LogP contribution in [0.5, 0.6) is 0 Å².